The van der Waals surface area contributed by atoms with Crippen molar-refractivity contribution in [3.63, 3.8) is 0 Å². The van der Waals surface area contributed by atoms with Crippen LogP contribution in [0.15, 0.2) is 54.6 Å². The van der Waals surface area contributed by atoms with Gasteiger partial charge >= 0.3 is 0 Å². The number of ether oxygens (including phenoxy) is 1. The topological polar surface area (TPSA) is 35.2 Å². The van der Waals surface area contributed by atoms with Crippen LogP contribution in [-0.4, -0.2) is 13.7 Å². The SMILES string of the molecule is COc1ccc(C2(CN)CC(c3ccccc3)C2)cc1. The van der Waals surface area contributed by atoms with E-state index in [4.69, 9.17) is 10.5 Å². The molecule has 0 saturated heterocycles. The third-order valence-corrected chi connectivity index (χ3v) is 4.64. The molecule has 1 saturated carbocycles. The third kappa shape index (κ3) is 2.20. The number of rotatable bonds is 4. The molecule has 3 rings (SSSR count). The highest BCUT2D eigenvalue weighted by Gasteiger charge is 2.44. The van der Waals surface area contributed by atoms with Crippen LogP contribution in [0.2, 0.25) is 0 Å². The van der Waals surface area contributed by atoms with Crippen LogP contribution in [0.5, 0.6) is 5.75 Å². The van der Waals surface area contributed by atoms with E-state index < -0.39 is 0 Å². The first-order valence-corrected chi connectivity index (χ1v) is 7.17. The van der Waals surface area contributed by atoms with Gasteiger partial charge in [0.25, 0.3) is 0 Å². The van der Waals surface area contributed by atoms with E-state index in [1.54, 1.807) is 7.11 Å². The summed E-state index contributed by atoms with van der Waals surface area (Å²) in [5.74, 6) is 1.54. The minimum atomic E-state index is 0.146. The summed E-state index contributed by atoms with van der Waals surface area (Å²) in [6.07, 6.45) is 2.28. The minimum Gasteiger partial charge on any atom is -0.497 e. The molecule has 1 aliphatic rings. The van der Waals surface area contributed by atoms with Crippen molar-refractivity contribution >= 4 is 0 Å². The molecule has 0 aliphatic heterocycles. The van der Waals surface area contributed by atoms with Crippen molar-refractivity contribution in [2.45, 2.75) is 24.2 Å². The summed E-state index contributed by atoms with van der Waals surface area (Å²) in [6, 6.07) is 19.1. The maximum atomic E-state index is 6.08. The molecular weight excluding hydrogens is 246 g/mol. The van der Waals surface area contributed by atoms with Gasteiger partial charge in [-0.3, -0.25) is 0 Å². The lowest BCUT2D eigenvalue weighted by Crippen LogP contribution is -2.46. The average Bonchev–Trinajstić information content (AvgIpc) is 2.48. The van der Waals surface area contributed by atoms with Crippen LogP contribution in [0.25, 0.3) is 0 Å². The van der Waals surface area contributed by atoms with Crippen LogP contribution in [0.1, 0.15) is 29.9 Å². The fourth-order valence-electron chi connectivity index (χ4n) is 3.31. The highest BCUT2D eigenvalue weighted by molar-refractivity contribution is 5.38. The molecule has 2 nitrogen and oxygen atoms in total. The summed E-state index contributed by atoms with van der Waals surface area (Å²) in [4.78, 5) is 0. The van der Waals surface area contributed by atoms with E-state index in [0.717, 1.165) is 18.6 Å². The van der Waals surface area contributed by atoms with E-state index >= 15 is 0 Å². The van der Waals surface area contributed by atoms with E-state index in [-0.39, 0.29) is 5.41 Å². The molecule has 0 aromatic heterocycles. The predicted molar refractivity (Wildman–Crippen MR) is 82.1 cm³/mol. The summed E-state index contributed by atoms with van der Waals surface area (Å²) >= 11 is 0. The molecule has 1 fully saturated rings. The van der Waals surface area contributed by atoms with Gasteiger partial charge in [-0.2, -0.15) is 0 Å². The fraction of sp³-hybridized carbons (Fsp3) is 0.333. The van der Waals surface area contributed by atoms with E-state index in [9.17, 15) is 0 Å². The Morgan fingerprint density at radius 1 is 1.05 bits per heavy atom. The van der Waals surface area contributed by atoms with Gasteiger partial charge in [-0.15, -0.1) is 0 Å². The quantitative estimate of drug-likeness (QED) is 0.920. The predicted octanol–water partition coefficient (Wildman–Crippen LogP) is 3.47. The fourth-order valence-corrected chi connectivity index (χ4v) is 3.31. The lowest BCUT2D eigenvalue weighted by molar-refractivity contribution is 0.209. The second-order valence-corrected chi connectivity index (χ2v) is 5.73. The van der Waals surface area contributed by atoms with E-state index in [2.05, 4.69) is 42.5 Å². The zero-order valence-electron chi connectivity index (χ0n) is 11.9. The highest BCUT2D eigenvalue weighted by atomic mass is 16.5. The van der Waals surface area contributed by atoms with Gasteiger partial charge in [-0.05, 0) is 42.0 Å². The Morgan fingerprint density at radius 3 is 2.25 bits per heavy atom. The lowest BCUT2D eigenvalue weighted by Gasteiger charge is -2.48. The highest BCUT2D eigenvalue weighted by Crippen LogP contribution is 2.52. The van der Waals surface area contributed by atoms with Gasteiger partial charge in [-0.25, -0.2) is 0 Å². The first-order valence-electron chi connectivity index (χ1n) is 7.17. The zero-order valence-corrected chi connectivity index (χ0v) is 11.9. The average molecular weight is 267 g/mol. The van der Waals surface area contributed by atoms with E-state index in [0.29, 0.717) is 12.5 Å². The molecule has 0 bridgehead atoms. The molecule has 2 aromatic rings. The third-order valence-electron chi connectivity index (χ3n) is 4.64. The van der Waals surface area contributed by atoms with Crippen LogP contribution < -0.4 is 10.5 Å². The summed E-state index contributed by atoms with van der Waals surface area (Å²) in [5.41, 5.74) is 9.00. The minimum absolute atomic E-state index is 0.146. The summed E-state index contributed by atoms with van der Waals surface area (Å²) in [6.45, 7) is 0.711. The first-order chi connectivity index (χ1) is 9.77. The lowest BCUT2D eigenvalue weighted by atomic mass is 9.57. The Hall–Kier alpha value is -1.80. The molecule has 0 atom stereocenters. The Labute approximate surface area is 120 Å². The van der Waals surface area contributed by atoms with Gasteiger partial charge in [0.05, 0.1) is 7.11 Å². The molecule has 1 aliphatic carbocycles. The number of hydrogen-bond donors (Lipinski definition) is 1. The van der Waals surface area contributed by atoms with Crippen LogP contribution in [0.3, 0.4) is 0 Å². The molecule has 0 spiro atoms. The molecule has 0 heterocycles. The summed E-state index contributed by atoms with van der Waals surface area (Å²) in [7, 11) is 1.70. The van der Waals surface area contributed by atoms with Crippen molar-refractivity contribution in [2.24, 2.45) is 5.73 Å². The van der Waals surface area contributed by atoms with E-state index in [1.807, 2.05) is 12.1 Å². The molecule has 0 amide bonds. The van der Waals surface area contributed by atoms with Crippen molar-refractivity contribution < 1.29 is 4.74 Å². The van der Waals surface area contributed by atoms with Crippen molar-refractivity contribution in [3.05, 3.63) is 65.7 Å². The van der Waals surface area contributed by atoms with Gasteiger partial charge in [0.15, 0.2) is 0 Å². The molecule has 0 unspecified atom stereocenters. The van der Waals surface area contributed by atoms with Crippen LogP contribution in [0.4, 0.5) is 0 Å². The Bertz CT molecular complexity index is 556. The van der Waals surface area contributed by atoms with E-state index in [1.165, 1.54) is 11.1 Å². The van der Waals surface area contributed by atoms with Crippen molar-refractivity contribution in [1.29, 1.82) is 0 Å². The van der Waals surface area contributed by atoms with Gasteiger partial charge < -0.3 is 10.5 Å². The Morgan fingerprint density at radius 2 is 1.70 bits per heavy atom. The smallest absolute Gasteiger partial charge is 0.118 e. The largest absolute Gasteiger partial charge is 0.497 e. The van der Waals surface area contributed by atoms with Crippen molar-refractivity contribution in [2.75, 3.05) is 13.7 Å². The molecule has 20 heavy (non-hydrogen) atoms. The second kappa shape index (κ2) is 5.29. The molecule has 2 aromatic carbocycles. The van der Waals surface area contributed by atoms with Gasteiger partial charge in [0.1, 0.15) is 5.75 Å². The maximum absolute atomic E-state index is 6.08. The summed E-state index contributed by atoms with van der Waals surface area (Å²) in [5, 5.41) is 0. The van der Waals surface area contributed by atoms with Crippen molar-refractivity contribution in [3.8, 4) is 5.75 Å². The molecular formula is C18H21NO. The summed E-state index contributed by atoms with van der Waals surface area (Å²) < 4.78 is 5.23. The second-order valence-electron chi connectivity index (χ2n) is 5.73. The Kier molecular flexibility index (Phi) is 3.49. The maximum Gasteiger partial charge on any atom is 0.118 e. The van der Waals surface area contributed by atoms with Crippen molar-refractivity contribution in [1.82, 2.24) is 0 Å². The van der Waals surface area contributed by atoms with Crippen LogP contribution >= 0.6 is 0 Å². The monoisotopic (exact) mass is 267 g/mol. The molecule has 2 N–H and O–H groups in total. The van der Waals surface area contributed by atoms with Gasteiger partial charge in [0, 0.05) is 12.0 Å². The van der Waals surface area contributed by atoms with Gasteiger partial charge in [-0.1, -0.05) is 42.5 Å². The van der Waals surface area contributed by atoms with Crippen LogP contribution in [0, 0.1) is 0 Å². The number of hydrogen-bond acceptors (Lipinski definition) is 2. The van der Waals surface area contributed by atoms with Gasteiger partial charge in [0.2, 0.25) is 0 Å². The molecule has 104 valence electrons. The zero-order chi connectivity index (χ0) is 14.0. The standard InChI is InChI=1S/C18H21NO/c1-20-17-9-7-16(8-10-17)18(13-19)11-15(12-18)14-5-3-2-4-6-14/h2-10,15H,11-13,19H2,1H3. The number of nitrogens with two attached hydrogens (primary N) is 1. The molecule has 0 radical (unpaired) electrons. The molecule has 2 heteroatoms. The number of methoxy groups -OCH3 is 1. The van der Waals surface area contributed by atoms with Crippen LogP contribution in [-0.2, 0) is 5.41 Å². The Balaban J connectivity index is 1.78. The number of benzene rings is 2. The first kappa shape index (κ1) is 13.2. The normalized spacial score (nSPS) is 25.0.